The number of nitrogen functional groups attached to an aromatic ring is 1. The van der Waals surface area contributed by atoms with Crippen LogP contribution in [0.2, 0.25) is 0 Å². The van der Waals surface area contributed by atoms with Crippen molar-refractivity contribution in [3.8, 4) is 17.7 Å². The summed E-state index contributed by atoms with van der Waals surface area (Å²) < 4.78 is 12.6. The second-order valence-electron chi connectivity index (χ2n) is 6.40. The fraction of sp³-hybridized carbons (Fsp3) is 0.238. The largest absolute Gasteiger partial charge is 0.497 e. The van der Waals surface area contributed by atoms with Gasteiger partial charge in [-0.3, -0.25) is 0 Å². The van der Waals surface area contributed by atoms with E-state index in [-0.39, 0.29) is 11.4 Å². The second kappa shape index (κ2) is 7.83. The third-order valence-corrected chi connectivity index (χ3v) is 4.43. The molecule has 0 fully saturated rings. The molecule has 138 valence electrons. The normalized spacial score (nSPS) is 10.4. The topological polar surface area (TPSA) is 86.1 Å². The average molecular weight is 362 g/mol. The van der Waals surface area contributed by atoms with Crippen molar-refractivity contribution < 1.29 is 9.47 Å². The number of nitriles is 1. The van der Waals surface area contributed by atoms with Crippen LogP contribution in [0.15, 0.2) is 42.5 Å². The molecule has 2 N–H and O–H groups in total. The van der Waals surface area contributed by atoms with Gasteiger partial charge in [0.15, 0.2) is 5.56 Å². The van der Waals surface area contributed by atoms with Crippen molar-refractivity contribution in [1.29, 1.82) is 5.26 Å². The van der Waals surface area contributed by atoms with Gasteiger partial charge in [0.25, 0.3) is 5.88 Å². The average Bonchev–Trinajstić information content (AvgIpc) is 2.96. The van der Waals surface area contributed by atoms with Gasteiger partial charge < -0.3 is 15.2 Å². The molecule has 3 rings (SSSR count). The van der Waals surface area contributed by atoms with Crippen molar-refractivity contribution in [2.75, 3.05) is 12.8 Å². The zero-order chi connectivity index (χ0) is 19.4. The fourth-order valence-corrected chi connectivity index (χ4v) is 2.84. The van der Waals surface area contributed by atoms with Gasteiger partial charge in [0.1, 0.15) is 24.2 Å². The Morgan fingerprint density at radius 3 is 2.52 bits per heavy atom. The Morgan fingerprint density at radius 2 is 1.89 bits per heavy atom. The molecule has 0 unspecified atom stereocenters. The van der Waals surface area contributed by atoms with Crippen molar-refractivity contribution >= 4 is 5.82 Å². The molecule has 6 nitrogen and oxygen atoms in total. The van der Waals surface area contributed by atoms with Crippen molar-refractivity contribution in [2.45, 2.75) is 27.0 Å². The fourth-order valence-electron chi connectivity index (χ4n) is 2.84. The lowest BCUT2D eigenvalue weighted by Crippen LogP contribution is -2.06. The molecular weight excluding hydrogens is 340 g/mol. The smallest absolute Gasteiger partial charge is 0.253 e. The number of rotatable bonds is 6. The lowest BCUT2D eigenvalue weighted by molar-refractivity contribution is 0.288. The molecule has 0 radical (unpaired) electrons. The van der Waals surface area contributed by atoms with Gasteiger partial charge >= 0.3 is 0 Å². The van der Waals surface area contributed by atoms with E-state index >= 15 is 0 Å². The quantitative estimate of drug-likeness (QED) is 0.724. The van der Waals surface area contributed by atoms with Crippen LogP contribution < -0.4 is 15.2 Å². The third-order valence-electron chi connectivity index (χ3n) is 4.43. The van der Waals surface area contributed by atoms with Crippen LogP contribution >= 0.6 is 0 Å². The lowest BCUT2D eigenvalue weighted by Gasteiger charge is -2.08. The maximum atomic E-state index is 9.46. The molecule has 27 heavy (non-hydrogen) atoms. The highest BCUT2D eigenvalue weighted by atomic mass is 16.5. The first kappa shape index (κ1) is 18.3. The number of aryl methyl sites for hydroxylation is 2. The molecule has 0 bridgehead atoms. The molecule has 2 aromatic carbocycles. The Kier molecular flexibility index (Phi) is 5.32. The maximum absolute atomic E-state index is 9.46. The molecule has 0 aliphatic rings. The van der Waals surface area contributed by atoms with Crippen LogP contribution in [0.1, 0.15) is 27.8 Å². The number of benzene rings is 2. The van der Waals surface area contributed by atoms with Crippen molar-refractivity contribution in [1.82, 2.24) is 9.78 Å². The van der Waals surface area contributed by atoms with E-state index in [0.717, 1.165) is 22.4 Å². The third kappa shape index (κ3) is 4.04. The summed E-state index contributed by atoms with van der Waals surface area (Å²) in [6, 6.07) is 15.9. The molecule has 3 aromatic rings. The number of anilines is 1. The van der Waals surface area contributed by atoms with Crippen LogP contribution in [-0.2, 0) is 13.2 Å². The SMILES string of the molecule is COc1ccc(Cn2nc(OCc3ccc(C)cc3C)c(C#N)c2N)cc1. The molecule has 6 heteroatoms. The Labute approximate surface area is 158 Å². The monoisotopic (exact) mass is 362 g/mol. The van der Waals surface area contributed by atoms with E-state index in [1.807, 2.05) is 50.2 Å². The van der Waals surface area contributed by atoms with Gasteiger partial charge in [0, 0.05) is 0 Å². The summed E-state index contributed by atoms with van der Waals surface area (Å²) >= 11 is 0. The standard InChI is InChI=1S/C21H22N4O2/c1-14-4-7-17(15(2)10-14)13-27-21-19(11-22)20(23)25(24-21)12-16-5-8-18(26-3)9-6-16/h4-10H,12-13,23H2,1-3H3. The molecule has 0 atom stereocenters. The van der Waals surface area contributed by atoms with Crippen LogP contribution in [0.4, 0.5) is 5.82 Å². The minimum atomic E-state index is 0.253. The van der Waals surface area contributed by atoms with Crippen molar-refractivity contribution in [3.05, 3.63) is 70.3 Å². The molecule has 0 amide bonds. The number of hydrogen-bond donors (Lipinski definition) is 1. The number of hydrogen-bond acceptors (Lipinski definition) is 5. The Hall–Kier alpha value is -3.46. The van der Waals surface area contributed by atoms with Crippen LogP contribution in [0.3, 0.4) is 0 Å². The zero-order valence-corrected chi connectivity index (χ0v) is 15.7. The van der Waals surface area contributed by atoms with Gasteiger partial charge in [-0.15, -0.1) is 5.10 Å². The van der Waals surface area contributed by atoms with E-state index in [0.29, 0.717) is 19.0 Å². The Bertz CT molecular complexity index is 985. The van der Waals surface area contributed by atoms with Gasteiger partial charge in [-0.1, -0.05) is 35.9 Å². The summed E-state index contributed by atoms with van der Waals surface area (Å²) in [6.45, 7) is 4.86. The minimum absolute atomic E-state index is 0.253. The summed E-state index contributed by atoms with van der Waals surface area (Å²) in [5, 5.41) is 13.9. The number of aromatic nitrogens is 2. The van der Waals surface area contributed by atoms with E-state index in [1.54, 1.807) is 11.8 Å². The Balaban J connectivity index is 1.79. The van der Waals surface area contributed by atoms with Gasteiger partial charge in [-0.25, -0.2) is 4.68 Å². The first-order valence-electron chi connectivity index (χ1n) is 8.60. The first-order valence-corrected chi connectivity index (χ1v) is 8.60. The summed E-state index contributed by atoms with van der Waals surface area (Å²) in [5.74, 6) is 1.33. The predicted octanol–water partition coefficient (Wildman–Crippen LogP) is 3.59. The predicted molar refractivity (Wildman–Crippen MR) is 104 cm³/mol. The molecular formula is C21H22N4O2. The molecule has 0 saturated carbocycles. The second-order valence-corrected chi connectivity index (χ2v) is 6.40. The highest BCUT2D eigenvalue weighted by Crippen LogP contribution is 2.25. The molecule has 0 aliphatic carbocycles. The zero-order valence-electron chi connectivity index (χ0n) is 15.7. The van der Waals surface area contributed by atoms with E-state index in [9.17, 15) is 5.26 Å². The number of methoxy groups -OCH3 is 1. The molecule has 0 saturated heterocycles. The van der Waals surface area contributed by atoms with Gasteiger partial charge in [-0.2, -0.15) is 5.26 Å². The van der Waals surface area contributed by atoms with Gasteiger partial charge in [-0.05, 0) is 42.7 Å². The molecule has 1 aromatic heterocycles. The minimum Gasteiger partial charge on any atom is -0.497 e. The van der Waals surface area contributed by atoms with E-state index in [4.69, 9.17) is 15.2 Å². The maximum Gasteiger partial charge on any atom is 0.253 e. The van der Waals surface area contributed by atoms with E-state index < -0.39 is 0 Å². The summed E-state index contributed by atoms with van der Waals surface area (Å²) in [7, 11) is 1.62. The van der Waals surface area contributed by atoms with E-state index in [2.05, 4.69) is 17.2 Å². The summed E-state index contributed by atoms with van der Waals surface area (Å²) in [6.07, 6.45) is 0. The van der Waals surface area contributed by atoms with Crippen molar-refractivity contribution in [2.24, 2.45) is 0 Å². The van der Waals surface area contributed by atoms with Crippen LogP contribution in [0.5, 0.6) is 11.6 Å². The van der Waals surface area contributed by atoms with E-state index in [1.165, 1.54) is 5.56 Å². The first-order chi connectivity index (χ1) is 13.0. The number of nitrogens with two attached hydrogens (primary N) is 1. The van der Waals surface area contributed by atoms with Gasteiger partial charge in [0.05, 0.1) is 13.7 Å². The summed E-state index contributed by atoms with van der Waals surface area (Å²) in [4.78, 5) is 0. The Morgan fingerprint density at radius 1 is 1.15 bits per heavy atom. The lowest BCUT2D eigenvalue weighted by atomic mass is 10.1. The number of nitrogens with zero attached hydrogens (tertiary/aromatic N) is 3. The highest BCUT2D eigenvalue weighted by Gasteiger charge is 2.17. The van der Waals surface area contributed by atoms with Crippen LogP contribution in [-0.4, -0.2) is 16.9 Å². The molecule has 1 heterocycles. The van der Waals surface area contributed by atoms with Gasteiger partial charge in [0.2, 0.25) is 0 Å². The van der Waals surface area contributed by atoms with Crippen LogP contribution in [0.25, 0.3) is 0 Å². The van der Waals surface area contributed by atoms with Crippen LogP contribution in [0, 0.1) is 25.2 Å². The number of ether oxygens (including phenoxy) is 2. The highest BCUT2D eigenvalue weighted by molar-refractivity contribution is 5.55. The molecule has 0 spiro atoms. The summed E-state index contributed by atoms with van der Waals surface area (Å²) in [5.41, 5.74) is 10.7. The molecule has 0 aliphatic heterocycles. The van der Waals surface area contributed by atoms with Crippen molar-refractivity contribution in [3.63, 3.8) is 0 Å².